The number of piperidine rings is 2. The molecule has 8 heteroatoms. The first kappa shape index (κ1) is 27.7. The largest absolute Gasteiger partial charge is 0.490 e. The lowest BCUT2D eigenvalue weighted by Crippen LogP contribution is -2.42. The molecule has 8 nitrogen and oxygen atoms in total. The highest BCUT2D eigenvalue weighted by Gasteiger charge is 2.31. The summed E-state index contributed by atoms with van der Waals surface area (Å²) < 4.78 is 12.1. The minimum atomic E-state index is -0.726. The molecule has 1 aromatic heterocycles. The van der Waals surface area contributed by atoms with Crippen LogP contribution in [-0.4, -0.2) is 54.8 Å². The van der Waals surface area contributed by atoms with Crippen LogP contribution in [0, 0.1) is 0 Å². The van der Waals surface area contributed by atoms with Gasteiger partial charge in [0.05, 0.1) is 31.0 Å². The standard InChI is InChI=1S/C32H41N5O3/c1-4-39-27-12-6-7-13-28(27)40-26-11-10-20-37(23-26)30-22-33-21-29(34-30)35-31(38)32(2,3)24-14-16-25(17-15-24)36-18-8-5-9-19-36/h6-7,12-17,21-22,26H,4-5,8-11,18-20,23H2,1-3H3,(H,34,35,38)/t26-/m1/s1. The van der Waals surface area contributed by atoms with E-state index in [4.69, 9.17) is 14.5 Å². The zero-order valence-electron chi connectivity index (χ0n) is 23.9. The highest BCUT2D eigenvalue weighted by Crippen LogP contribution is 2.31. The van der Waals surface area contributed by atoms with Crippen LogP contribution in [0.1, 0.15) is 58.4 Å². The highest BCUT2D eigenvalue weighted by atomic mass is 16.5. The number of carbonyl (C=O) groups excluding carboxylic acids is 1. The Labute approximate surface area is 237 Å². The molecule has 1 atom stereocenters. The molecule has 2 saturated heterocycles. The van der Waals surface area contributed by atoms with Gasteiger partial charge in [0.25, 0.3) is 0 Å². The summed E-state index contributed by atoms with van der Waals surface area (Å²) in [5.74, 6) is 2.58. The lowest BCUT2D eigenvalue weighted by molar-refractivity contribution is -0.120. The van der Waals surface area contributed by atoms with Gasteiger partial charge in [-0.15, -0.1) is 0 Å². The Morgan fingerprint density at radius 3 is 2.42 bits per heavy atom. The molecule has 1 amide bonds. The lowest BCUT2D eigenvalue weighted by Gasteiger charge is -2.34. The van der Waals surface area contributed by atoms with Crippen molar-refractivity contribution in [3.63, 3.8) is 0 Å². The fourth-order valence-electron chi connectivity index (χ4n) is 5.46. The summed E-state index contributed by atoms with van der Waals surface area (Å²) in [7, 11) is 0. The molecule has 40 heavy (non-hydrogen) atoms. The summed E-state index contributed by atoms with van der Waals surface area (Å²) in [5.41, 5.74) is 1.47. The summed E-state index contributed by atoms with van der Waals surface area (Å²) in [6, 6.07) is 16.2. The number of hydrogen-bond acceptors (Lipinski definition) is 7. The van der Waals surface area contributed by atoms with Gasteiger partial charge in [0.2, 0.25) is 5.91 Å². The van der Waals surface area contributed by atoms with Gasteiger partial charge < -0.3 is 24.6 Å². The first-order valence-electron chi connectivity index (χ1n) is 14.6. The van der Waals surface area contributed by atoms with Gasteiger partial charge in [-0.25, -0.2) is 4.98 Å². The number of amides is 1. The zero-order valence-corrected chi connectivity index (χ0v) is 23.9. The van der Waals surface area contributed by atoms with Crippen LogP contribution in [0.4, 0.5) is 17.3 Å². The van der Waals surface area contributed by atoms with E-state index in [0.717, 1.165) is 55.4 Å². The second kappa shape index (κ2) is 12.6. The fraction of sp³-hybridized carbons (Fsp3) is 0.469. The number of aromatic nitrogens is 2. The maximum atomic E-state index is 13.4. The molecule has 0 radical (unpaired) electrons. The molecular weight excluding hydrogens is 502 g/mol. The summed E-state index contributed by atoms with van der Waals surface area (Å²) in [6.07, 6.45) is 9.06. The molecule has 0 saturated carbocycles. The molecule has 3 aromatic rings. The third-order valence-electron chi connectivity index (χ3n) is 7.89. The van der Waals surface area contributed by atoms with Crippen molar-refractivity contribution in [3.05, 3.63) is 66.5 Å². The minimum absolute atomic E-state index is 0.00208. The predicted octanol–water partition coefficient (Wildman–Crippen LogP) is 5.83. The Morgan fingerprint density at radius 2 is 1.68 bits per heavy atom. The number of anilines is 3. The number of nitrogens with zero attached hydrogens (tertiary/aromatic N) is 4. The second-order valence-corrected chi connectivity index (χ2v) is 11.1. The average molecular weight is 544 g/mol. The van der Waals surface area contributed by atoms with E-state index < -0.39 is 5.41 Å². The first-order chi connectivity index (χ1) is 19.4. The van der Waals surface area contributed by atoms with Gasteiger partial charge in [0.1, 0.15) is 11.9 Å². The van der Waals surface area contributed by atoms with Gasteiger partial charge >= 0.3 is 0 Å². The van der Waals surface area contributed by atoms with Gasteiger partial charge in [0.15, 0.2) is 17.3 Å². The number of nitrogens with one attached hydrogen (secondary N) is 1. The molecule has 0 unspecified atom stereocenters. The van der Waals surface area contributed by atoms with Crippen LogP contribution < -0.4 is 24.6 Å². The van der Waals surface area contributed by atoms with E-state index in [1.54, 1.807) is 12.4 Å². The van der Waals surface area contributed by atoms with Crippen molar-refractivity contribution >= 4 is 23.2 Å². The molecule has 2 aromatic carbocycles. The predicted molar refractivity (Wildman–Crippen MR) is 160 cm³/mol. The average Bonchev–Trinajstić information content (AvgIpc) is 2.99. The number of rotatable bonds is 9. The number of carbonyl (C=O) groups is 1. The SMILES string of the molecule is CCOc1ccccc1O[C@@H]1CCCN(c2cncc(NC(=O)C(C)(C)c3ccc(N4CCCCC4)cc3)n2)C1. The molecule has 2 aliphatic rings. The van der Waals surface area contributed by atoms with Crippen molar-refractivity contribution in [2.75, 3.05) is 47.9 Å². The van der Waals surface area contributed by atoms with Crippen molar-refractivity contribution in [1.29, 1.82) is 0 Å². The van der Waals surface area contributed by atoms with Crippen LogP contribution in [0.25, 0.3) is 0 Å². The van der Waals surface area contributed by atoms with Crippen molar-refractivity contribution in [2.45, 2.75) is 64.4 Å². The smallest absolute Gasteiger partial charge is 0.235 e. The maximum absolute atomic E-state index is 13.4. The monoisotopic (exact) mass is 543 g/mol. The summed E-state index contributed by atoms with van der Waals surface area (Å²) in [6.45, 7) is 10.2. The van der Waals surface area contributed by atoms with Gasteiger partial charge in [-0.1, -0.05) is 24.3 Å². The minimum Gasteiger partial charge on any atom is -0.490 e. The third-order valence-corrected chi connectivity index (χ3v) is 7.89. The van der Waals surface area contributed by atoms with Crippen LogP contribution in [0.2, 0.25) is 0 Å². The van der Waals surface area contributed by atoms with E-state index in [2.05, 4.69) is 44.4 Å². The fourth-order valence-corrected chi connectivity index (χ4v) is 5.46. The quantitative estimate of drug-likeness (QED) is 0.364. The van der Waals surface area contributed by atoms with E-state index in [9.17, 15) is 4.79 Å². The normalized spacial score (nSPS) is 17.8. The number of para-hydroxylation sites is 2. The summed E-state index contributed by atoms with van der Waals surface area (Å²) >= 11 is 0. The van der Waals surface area contributed by atoms with E-state index in [0.29, 0.717) is 19.0 Å². The Hall–Kier alpha value is -3.81. The van der Waals surface area contributed by atoms with E-state index in [1.165, 1.54) is 24.9 Å². The molecule has 0 aliphatic carbocycles. The Bertz CT molecular complexity index is 1270. The van der Waals surface area contributed by atoms with Gasteiger partial charge in [0, 0.05) is 25.3 Å². The summed E-state index contributed by atoms with van der Waals surface area (Å²) in [4.78, 5) is 27.2. The molecule has 0 spiro atoms. The zero-order chi connectivity index (χ0) is 28.0. The van der Waals surface area contributed by atoms with Crippen molar-refractivity contribution in [1.82, 2.24) is 9.97 Å². The lowest BCUT2D eigenvalue weighted by atomic mass is 9.83. The van der Waals surface area contributed by atoms with Crippen molar-refractivity contribution in [3.8, 4) is 11.5 Å². The molecular formula is C32H41N5O3. The molecule has 5 rings (SSSR count). The molecule has 0 bridgehead atoms. The molecule has 1 N–H and O–H groups in total. The van der Waals surface area contributed by atoms with Crippen molar-refractivity contribution in [2.24, 2.45) is 0 Å². The topological polar surface area (TPSA) is 79.8 Å². The number of hydrogen-bond donors (Lipinski definition) is 1. The Morgan fingerprint density at radius 1 is 0.950 bits per heavy atom. The molecule has 3 heterocycles. The van der Waals surface area contributed by atoms with Crippen LogP contribution in [0.5, 0.6) is 11.5 Å². The van der Waals surface area contributed by atoms with E-state index in [1.807, 2.05) is 45.0 Å². The van der Waals surface area contributed by atoms with Crippen LogP contribution in [0.15, 0.2) is 60.9 Å². The molecule has 212 valence electrons. The number of benzene rings is 2. The Balaban J connectivity index is 1.23. The van der Waals surface area contributed by atoms with Crippen molar-refractivity contribution < 1.29 is 14.3 Å². The molecule has 2 fully saturated rings. The summed E-state index contributed by atoms with van der Waals surface area (Å²) in [5, 5.41) is 3.01. The van der Waals surface area contributed by atoms with E-state index >= 15 is 0 Å². The van der Waals surface area contributed by atoms with Crippen LogP contribution >= 0.6 is 0 Å². The Kier molecular flexibility index (Phi) is 8.72. The van der Waals surface area contributed by atoms with Crippen LogP contribution in [0.3, 0.4) is 0 Å². The third kappa shape index (κ3) is 6.49. The number of ether oxygens (including phenoxy) is 2. The molecule has 2 aliphatic heterocycles. The highest BCUT2D eigenvalue weighted by molar-refractivity contribution is 5.98. The van der Waals surface area contributed by atoms with Crippen LogP contribution in [-0.2, 0) is 10.2 Å². The van der Waals surface area contributed by atoms with E-state index in [-0.39, 0.29) is 12.0 Å². The van der Waals surface area contributed by atoms with Gasteiger partial charge in [-0.05, 0) is 82.7 Å². The van der Waals surface area contributed by atoms with Gasteiger partial charge in [-0.2, -0.15) is 0 Å². The maximum Gasteiger partial charge on any atom is 0.235 e. The first-order valence-corrected chi connectivity index (χ1v) is 14.6. The van der Waals surface area contributed by atoms with Gasteiger partial charge in [-0.3, -0.25) is 9.78 Å². The second-order valence-electron chi connectivity index (χ2n) is 11.1.